The smallest absolute Gasteiger partial charge is 0.257 e. The van der Waals surface area contributed by atoms with Crippen LogP contribution in [-0.2, 0) is 0 Å². The van der Waals surface area contributed by atoms with E-state index < -0.39 is 0 Å². The second kappa shape index (κ2) is 6.61. The Morgan fingerprint density at radius 1 is 1.55 bits per heavy atom. The van der Waals surface area contributed by atoms with Crippen molar-refractivity contribution in [2.45, 2.75) is 25.8 Å². The number of benzene rings is 1. The number of anilines is 1. The maximum atomic E-state index is 12.3. The Morgan fingerprint density at radius 3 is 3.00 bits per heavy atom. The molecule has 5 heteroatoms. The number of amides is 1. The monoisotopic (exact) mass is 277 g/mol. The summed E-state index contributed by atoms with van der Waals surface area (Å²) in [5.41, 5.74) is 6.80. The molecule has 1 saturated heterocycles. The van der Waals surface area contributed by atoms with E-state index in [2.05, 4.69) is 17.3 Å². The van der Waals surface area contributed by atoms with Crippen LogP contribution in [0.25, 0.3) is 0 Å². The summed E-state index contributed by atoms with van der Waals surface area (Å²) in [7, 11) is 2.09. The van der Waals surface area contributed by atoms with Gasteiger partial charge in [0.1, 0.15) is 11.3 Å². The molecule has 0 bridgehead atoms. The van der Waals surface area contributed by atoms with E-state index in [0.29, 0.717) is 36.2 Å². The Hall–Kier alpha value is -1.75. The molecule has 0 spiro atoms. The summed E-state index contributed by atoms with van der Waals surface area (Å²) in [6.07, 6.45) is 2.31. The minimum absolute atomic E-state index is 0.160. The highest BCUT2D eigenvalue weighted by Crippen LogP contribution is 2.24. The summed E-state index contributed by atoms with van der Waals surface area (Å²) in [4.78, 5) is 14.6. The first-order valence-electron chi connectivity index (χ1n) is 7.13. The number of nitrogens with one attached hydrogen (secondary N) is 1. The summed E-state index contributed by atoms with van der Waals surface area (Å²) < 4.78 is 5.48. The number of nitrogens with two attached hydrogens (primary N) is 1. The van der Waals surface area contributed by atoms with Crippen molar-refractivity contribution in [1.82, 2.24) is 10.2 Å². The van der Waals surface area contributed by atoms with Crippen LogP contribution < -0.4 is 15.8 Å². The zero-order chi connectivity index (χ0) is 14.5. The zero-order valence-corrected chi connectivity index (χ0v) is 12.2. The molecule has 1 heterocycles. The minimum Gasteiger partial charge on any atom is -0.493 e. The summed E-state index contributed by atoms with van der Waals surface area (Å²) >= 11 is 0. The number of likely N-dealkylation sites (N-methyl/N-ethyl adjacent to an activating group) is 1. The van der Waals surface area contributed by atoms with Crippen LogP contribution in [0.1, 0.15) is 30.1 Å². The minimum atomic E-state index is -0.160. The van der Waals surface area contributed by atoms with Gasteiger partial charge in [0.25, 0.3) is 5.91 Å². The molecule has 3 N–H and O–H groups in total. The van der Waals surface area contributed by atoms with E-state index in [1.165, 1.54) is 6.42 Å². The van der Waals surface area contributed by atoms with Gasteiger partial charge < -0.3 is 20.7 Å². The van der Waals surface area contributed by atoms with E-state index in [-0.39, 0.29) is 5.91 Å². The summed E-state index contributed by atoms with van der Waals surface area (Å²) in [5.74, 6) is 0.386. The van der Waals surface area contributed by atoms with Crippen LogP contribution in [0.15, 0.2) is 18.2 Å². The van der Waals surface area contributed by atoms with Crippen molar-refractivity contribution in [2.24, 2.45) is 0 Å². The van der Waals surface area contributed by atoms with Crippen molar-refractivity contribution < 1.29 is 9.53 Å². The summed E-state index contributed by atoms with van der Waals surface area (Å²) in [6.45, 7) is 4.14. The van der Waals surface area contributed by atoms with E-state index in [4.69, 9.17) is 10.5 Å². The van der Waals surface area contributed by atoms with Crippen LogP contribution >= 0.6 is 0 Å². The van der Waals surface area contributed by atoms with Gasteiger partial charge in [-0.15, -0.1) is 0 Å². The maximum absolute atomic E-state index is 12.3. The lowest BCUT2D eigenvalue weighted by molar-refractivity contribution is 0.0941. The Bertz CT molecular complexity index is 476. The molecular formula is C15H23N3O2. The number of hydrogen-bond acceptors (Lipinski definition) is 4. The van der Waals surface area contributed by atoms with Gasteiger partial charge in [-0.2, -0.15) is 0 Å². The van der Waals surface area contributed by atoms with Gasteiger partial charge in [-0.05, 0) is 45.5 Å². The number of hydrogen-bond donors (Lipinski definition) is 2. The molecule has 0 aromatic heterocycles. The fourth-order valence-corrected chi connectivity index (χ4v) is 2.60. The topological polar surface area (TPSA) is 67.6 Å². The highest BCUT2D eigenvalue weighted by molar-refractivity contribution is 6.01. The largest absolute Gasteiger partial charge is 0.493 e. The molecule has 1 amide bonds. The van der Waals surface area contributed by atoms with Gasteiger partial charge in [0.2, 0.25) is 0 Å². The first kappa shape index (κ1) is 14.7. The van der Waals surface area contributed by atoms with Gasteiger partial charge in [-0.1, -0.05) is 6.07 Å². The van der Waals surface area contributed by atoms with Gasteiger partial charge in [0.15, 0.2) is 0 Å². The van der Waals surface area contributed by atoms with E-state index in [9.17, 15) is 4.79 Å². The van der Waals surface area contributed by atoms with E-state index >= 15 is 0 Å². The fraction of sp³-hybridized carbons (Fsp3) is 0.533. The second-order valence-corrected chi connectivity index (χ2v) is 5.14. The van der Waals surface area contributed by atoms with Crippen molar-refractivity contribution in [1.29, 1.82) is 0 Å². The molecule has 0 radical (unpaired) electrons. The molecular weight excluding hydrogens is 254 g/mol. The molecule has 1 aliphatic heterocycles. The number of likely N-dealkylation sites (tertiary alicyclic amines) is 1. The number of rotatable bonds is 5. The molecule has 2 rings (SSSR count). The van der Waals surface area contributed by atoms with E-state index in [1.807, 2.05) is 6.92 Å². The summed E-state index contributed by atoms with van der Waals surface area (Å²) in [5, 5.41) is 2.97. The standard InChI is InChI=1S/C15H23N3O2/c1-3-20-13-8-4-7-12(16)14(13)15(19)17-10-11-6-5-9-18(11)2/h4,7-8,11H,3,5-6,9-10,16H2,1-2H3,(H,17,19). The third kappa shape index (κ3) is 3.22. The van der Waals surface area contributed by atoms with Gasteiger partial charge >= 0.3 is 0 Å². The number of nitrogens with zero attached hydrogens (tertiary/aromatic N) is 1. The average Bonchev–Trinajstić information content (AvgIpc) is 2.82. The zero-order valence-electron chi connectivity index (χ0n) is 12.2. The number of ether oxygens (including phenoxy) is 1. The first-order chi connectivity index (χ1) is 9.63. The van der Waals surface area contributed by atoms with Crippen LogP contribution in [0.3, 0.4) is 0 Å². The molecule has 110 valence electrons. The highest BCUT2D eigenvalue weighted by atomic mass is 16.5. The van der Waals surface area contributed by atoms with Gasteiger partial charge in [-0.3, -0.25) is 4.79 Å². The quantitative estimate of drug-likeness (QED) is 0.800. The first-order valence-corrected chi connectivity index (χ1v) is 7.13. The van der Waals surface area contributed by atoms with E-state index in [1.54, 1.807) is 18.2 Å². The third-order valence-electron chi connectivity index (χ3n) is 3.76. The van der Waals surface area contributed by atoms with Crippen molar-refractivity contribution in [2.75, 3.05) is 32.5 Å². The van der Waals surface area contributed by atoms with Crippen molar-refractivity contribution >= 4 is 11.6 Å². The Balaban J connectivity index is 2.04. The van der Waals surface area contributed by atoms with Gasteiger partial charge in [0.05, 0.1) is 6.61 Å². The lowest BCUT2D eigenvalue weighted by Crippen LogP contribution is -2.38. The van der Waals surface area contributed by atoms with Crippen molar-refractivity contribution in [3.8, 4) is 5.75 Å². The van der Waals surface area contributed by atoms with E-state index in [0.717, 1.165) is 13.0 Å². The molecule has 1 aliphatic rings. The van der Waals surface area contributed by atoms with Crippen LogP contribution in [0.2, 0.25) is 0 Å². The average molecular weight is 277 g/mol. The molecule has 1 unspecified atom stereocenters. The predicted octanol–water partition coefficient (Wildman–Crippen LogP) is 1.49. The molecule has 0 saturated carbocycles. The Morgan fingerprint density at radius 2 is 2.35 bits per heavy atom. The number of nitrogen functional groups attached to an aromatic ring is 1. The SMILES string of the molecule is CCOc1cccc(N)c1C(=O)NCC1CCCN1C. The van der Waals surface area contributed by atoms with Crippen LogP contribution in [0, 0.1) is 0 Å². The number of carbonyl (C=O) groups is 1. The molecule has 0 aliphatic carbocycles. The lowest BCUT2D eigenvalue weighted by Gasteiger charge is -2.20. The molecule has 1 atom stereocenters. The second-order valence-electron chi connectivity index (χ2n) is 5.14. The lowest BCUT2D eigenvalue weighted by atomic mass is 10.1. The van der Waals surface area contributed by atoms with Crippen LogP contribution in [0.4, 0.5) is 5.69 Å². The molecule has 20 heavy (non-hydrogen) atoms. The predicted molar refractivity (Wildman–Crippen MR) is 80.0 cm³/mol. The van der Waals surface area contributed by atoms with Crippen molar-refractivity contribution in [3.63, 3.8) is 0 Å². The Labute approximate surface area is 120 Å². The molecule has 1 aromatic rings. The Kier molecular flexibility index (Phi) is 4.84. The highest BCUT2D eigenvalue weighted by Gasteiger charge is 2.22. The normalized spacial score (nSPS) is 19.0. The van der Waals surface area contributed by atoms with Gasteiger partial charge in [-0.25, -0.2) is 0 Å². The van der Waals surface area contributed by atoms with Crippen LogP contribution in [0.5, 0.6) is 5.75 Å². The van der Waals surface area contributed by atoms with Crippen LogP contribution in [-0.4, -0.2) is 43.6 Å². The van der Waals surface area contributed by atoms with Gasteiger partial charge in [0, 0.05) is 18.3 Å². The molecule has 5 nitrogen and oxygen atoms in total. The van der Waals surface area contributed by atoms with Crippen molar-refractivity contribution in [3.05, 3.63) is 23.8 Å². The number of carbonyl (C=O) groups excluding carboxylic acids is 1. The maximum Gasteiger partial charge on any atom is 0.257 e. The molecule has 1 aromatic carbocycles. The molecule has 1 fully saturated rings. The fourth-order valence-electron chi connectivity index (χ4n) is 2.60. The summed E-state index contributed by atoms with van der Waals surface area (Å²) in [6, 6.07) is 5.71. The third-order valence-corrected chi connectivity index (χ3v) is 3.76.